The van der Waals surface area contributed by atoms with Gasteiger partial charge in [0.2, 0.25) is 5.91 Å². The second-order valence-electron chi connectivity index (χ2n) is 9.79. The fourth-order valence-corrected chi connectivity index (χ4v) is 5.38. The van der Waals surface area contributed by atoms with E-state index in [9.17, 15) is 14.0 Å². The van der Waals surface area contributed by atoms with Crippen LogP contribution in [0.2, 0.25) is 5.15 Å². The van der Waals surface area contributed by atoms with Gasteiger partial charge in [0, 0.05) is 6.42 Å². The van der Waals surface area contributed by atoms with Crippen LogP contribution in [0.4, 0.5) is 16.1 Å². The van der Waals surface area contributed by atoms with Crippen molar-refractivity contribution in [3.05, 3.63) is 47.2 Å². The third kappa shape index (κ3) is 6.07. The van der Waals surface area contributed by atoms with Crippen molar-refractivity contribution in [3.63, 3.8) is 0 Å². The number of benzene rings is 1. The van der Waals surface area contributed by atoms with Gasteiger partial charge in [0.15, 0.2) is 10.7 Å². The number of aromatic nitrogens is 2. The van der Waals surface area contributed by atoms with Crippen molar-refractivity contribution in [1.29, 1.82) is 0 Å². The molecule has 0 bridgehead atoms. The number of rotatable bonds is 8. The van der Waals surface area contributed by atoms with Crippen molar-refractivity contribution in [1.82, 2.24) is 14.9 Å². The molecule has 0 unspecified atom stereocenters. The number of carbonyl (C=O) groups is 2. The van der Waals surface area contributed by atoms with E-state index in [2.05, 4.69) is 15.3 Å². The molecule has 1 aliphatic carbocycles. The van der Waals surface area contributed by atoms with Crippen molar-refractivity contribution in [2.45, 2.75) is 56.8 Å². The first kappa shape index (κ1) is 26.4. The van der Waals surface area contributed by atoms with Crippen LogP contribution >= 0.6 is 11.6 Å². The molecule has 2 fully saturated rings. The molecule has 0 spiro atoms. The molecule has 11 heteroatoms. The number of nitrogens with one attached hydrogen (secondary N) is 1. The van der Waals surface area contributed by atoms with Gasteiger partial charge in [-0.15, -0.1) is 0 Å². The lowest BCUT2D eigenvalue weighted by molar-refractivity contribution is -0.148. The van der Waals surface area contributed by atoms with Gasteiger partial charge in [-0.25, -0.2) is 9.37 Å². The topological polar surface area (TPSA) is 107 Å². The maximum atomic E-state index is 14.3. The summed E-state index contributed by atoms with van der Waals surface area (Å²) in [6.07, 6.45) is 2.04. The molecule has 1 N–H and O–H groups in total. The summed E-state index contributed by atoms with van der Waals surface area (Å²) in [5.41, 5.74) is 2.33. The summed E-state index contributed by atoms with van der Waals surface area (Å²) >= 11 is 6.37. The number of nitrogens with zero attached hydrogens (tertiary/aromatic N) is 3. The van der Waals surface area contributed by atoms with Gasteiger partial charge in [0.25, 0.3) is 6.01 Å². The number of amides is 1. The normalized spacial score (nSPS) is 23.5. The summed E-state index contributed by atoms with van der Waals surface area (Å²) in [7, 11) is 1.40. The minimum absolute atomic E-state index is 0.00363. The van der Waals surface area contributed by atoms with Crippen LogP contribution in [0, 0.1) is 5.92 Å². The molecule has 2 aliphatic rings. The Morgan fingerprint density at radius 3 is 2.68 bits per heavy atom. The Labute approximate surface area is 224 Å². The first-order valence-corrected chi connectivity index (χ1v) is 13.2. The summed E-state index contributed by atoms with van der Waals surface area (Å²) in [5.74, 6) is -0.494. The molecule has 9 nitrogen and oxygen atoms in total. The van der Waals surface area contributed by atoms with Gasteiger partial charge >= 0.3 is 5.97 Å². The second kappa shape index (κ2) is 11.7. The highest BCUT2D eigenvalue weighted by Crippen LogP contribution is 2.30. The zero-order valence-electron chi connectivity index (χ0n) is 21.1. The second-order valence-corrected chi connectivity index (χ2v) is 10.2. The average molecular weight is 545 g/mol. The summed E-state index contributed by atoms with van der Waals surface area (Å²) in [5, 5.41) is 3.18. The number of hydrogen-bond donors (Lipinski definition) is 1. The summed E-state index contributed by atoms with van der Waals surface area (Å²) in [6.45, 7) is 0.300. The first-order valence-electron chi connectivity index (χ1n) is 12.8. The van der Waals surface area contributed by atoms with Crippen molar-refractivity contribution in [2.24, 2.45) is 5.92 Å². The fourth-order valence-electron chi connectivity index (χ4n) is 5.16. The molecule has 3 heterocycles. The van der Waals surface area contributed by atoms with E-state index in [1.54, 1.807) is 17.0 Å². The highest BCUT2D eigenvalue weighted by molar-refractivity contribution is 6.32. The number of para-hydroxylation sites is 2. The standard InChI is InChI=1S/C27H30ClFN4O5/c1-36-26(35)16-6-9-20(10-7-16)37-15-19-12-17(29)14-33(19)24(34)13-18-8-11-22(25(28)30-18)32-27-31-21-4-2-3-5-23(21)38-27/h2-5,8,11,16-17,19-20H,6-7,9-10,12-15H2,1H3,(H,31,32)/t16?,17-,19-,20?/m0/s1. The molecule has 1 saturated heterocycles. The van der Waals surface area contributed by atoms with E-state index in [0.717, 1.165) is 12.8 Å². The molecular formula is C27H30ClFN4O5. The quantitative estimate of drug-likeness (QED) is 0.317. The predicted octanol–water partition coefficient (Wildman–Crippen LogP) is 4.85. The summed E-state index contributed by atoms with van der Waals surface area (Å²) in [4.78, 5) is 35.1. The van der Waals surface area contributed by atoms with E-state index >= 15 is 0 Å². The van der Waals surface area contributed by atoms with E-state index < -0.39 is 6.17 Å². The number of likely N-dealkylation sites (tertiary alicyclic amines) is 1. The Hall–Kier alpha value is -3.24. The number of anilines is 2. The maximum Gasteiger partial charge on any atom is 0.308 e. The third-order valence-electron chi connectivity index (χ3n) is 7.19. The lowest BCUT2D eigenvalue weighted by atomic mass is 9.87. The monoisotopic (exact) mass is 544 g/mol. The third-order valence-corrected chi connectivity index (χ3v) is 7.48. The number of carbonyl (C=O) groups excluding carboxylic acids is 2. The summed E-state index contributed by atoms with van der Waals surface area (Å²) in [6, 6.07) is 10.7. The van der Waals surface area contributed by atoms with Crippen LogP contribution in [0.3, 0.4) is 0 Å². The average Bonchev–Trinajstić information content (AvgIpc) is 3.51. The van der Waals surface area contributed by atoms with Gasteiger partial charge in [-0.2, -0.15) is 4.98 Å². The van der Waals surface area contributed by atoms with E-state index in [1.165, 1.54) is 7.11 Å². The van der Waals surface area contributed by atoms with Crippen molar-refractivity contribution < 1.29 is 27.9 Å². The molecule has 202 valence electrons. The highest BCUT2D eigenvalue weighted by Gasteiger charge is 2.36. The Morgan fingerprint density at radius 1 is 1.16 bits per heavy atom. The Morgan fingerprint density at radius 2 is 1.95 bits per heavy atom. The van der Waals surface area contributed by atoms with Gasteiger partial charge in [-0.05, 0) is 49.9 Å². The lowest BCUT2D eigenvalue weighted by Gasteiger charge is -2.30. The lowest BCUT2D eigenvalue weighted by Crippen LogP contribution is -2.40. The minimum Gasteiger partial charge on any atom is -0.469 e. The van der Waals surface area contributed by atoms with Crippen LogP contribution in [0.25, 0.3) is 11.1 Å². The van der Waals surface area contributed by atoms with Crippen LogP contribution in [-0.4, -0.2) is 65.3 Å². The van der Waals surface area contributed by atoms with E-state index in [-0.39, 0.29) is 67.1 Å². The zero-order chi connectivity index (χ0) is 26.6. The molecule has 38 heavy (non-hydrogen) atoms. The predicted molar refractivity (Wildman–Crippen MR) is 139 cm³/mol. The number of pyridine rings is 1. The zero-order valence-corrected chi connectivity index (χ0v) is 21.8. The van der Waals surface area contributed by atoms with E-state index in [0.29, 0.717) is 35.3 Å². The largest absolute Gasteiger partial charge is 0.469 e. The number of fused-ring (bicyclic) bond motifs is 1. The number of hydrogen-bond acceptors (Lipinski definition) is 8. The molecular weight excluding hydrogens is 515 g/mol. The SMILES string of the molecule is COC(=O)C1CCC(OC[C@@H]2C[C@H](F)CN2C(=O)Cc2ccc(Nc3nc4ccccc4o3)c(Cl)n2)CC1. The van der Waals surface area contributed by atoms with Crippen LogP contribution < -0.4 is 5.32 Å². The molecule has 0 radical (unpaired) electrons. The smallest absolute Gasteiger partial charge is 0.308 e. The molecule has 3 aromatic rings. The maximum absolute atomic E-state index is 14.3. The van der Waals surface area contributed by atoms with Crippen LogP contribution in [0.1, 0.15) is 37.8 Å². The van der Waals surface area contributed by atoms with E-state index in [4.69, 9.17) is 25.5 Å². The number of halogens is 2. The van der Waals surface area contributed by atoms with Gasteiger partial charge < -0.3 is 24.1 Å². The number of methoxy groups -OCH3 is 1. The van der Waals surface area contributed by atoms with Crippen LogP contribution in [0.15, 0.2) is 40.8 Å². The fraction of sp³-hybridized carbons (Fsp3) is 0.481. The number of esters is 1. The van der Waals surface area contributed by atoms with Crippen LogP contribution in [-0.2, 0) is 25.5 Å². The molecule has 2 aromatic heterocycles. The summed E-state index contributed by atoms with van der Waals surface area (Å²) < 4.78 is 30.8. The van der Waals surface area contributed by atoms with Crippen LogP contribution in [0.5, 0.6) is 0 Å². The van der Waals surface area contributed by atoms with Crippen molar-refractivity contribution >= 4 is 46.3 Å². The van der Waals surface area contributed by atoms with Crippen molar-refractivity contribution in [2.75, 3.05) is 25.6 Å². The molecule has 1 saturated carbocycles. The van der Waals surface area contributed by atoms with Crippen molar-refractivity contribution in [3.8, 4) is 0 Å². The Bertz CT molecular complexity index is 1260. The highest BCUT2D eigenvalue weighted by atomic mass is 35.5. The Kier molecular flexibility index (Phi) is 8.09. The minimum atomic E-state index is -1.10. The number of alkyl halides is 1. The molecule has 1 amide bonds. The van der Waals surface area contributed by atoms with Gasteiger partial charge in [0.1, 0.15) is 11.7 Å². The van der Waals surface area contributed by atoms with Gasteiger partial charge in [-0.3, -0.25) is 9.59 Å². The molecule has 1 aliphatic heterocycles. The van der Waals surface area contributed by atoms with E-state index in [1.807, 2.05) is 24.3 Å². The number of oxazole rings is 1. The Balaban J connectivity index is 1.15. The number of ether oxygens (including phenoxy) is 2. The van der Waals surface area contributed by atoms with Gasteiger partial charge in [0.05, 0.1) is 56.1 Å². The molecule has 1 aromatic carbocycles. The molecule has 5 rings (SSSR count). The molecule has 2 atom stereocenters. The first-order chi connectivity index (χ1) is 18.4. The van der Waals surface area contributed by atoms with Gasteiger partial charge in [-0.1, -0.05) is 23.7 Å².